The van der Waals surface area contributed by atoms with E-state index in [1.165, 1.54) is 11.1 Å². The molecule has 0 aliphatic heterocycles. The van der Waals surface area contributed by atoms with Crippen LogP contribution in [0.1, 0.15) is 17.5 Å². The van der Waals surface area contributed by atoms with Crippen molar-refractivity contribution in [3.8, 4) is 0 Å². The van der Waals surface area contributed by atoms with Crippen LogP contribution in [-0.4, -0.2) is 12.5 Å². The first-order valence-corrected chi connectivity index (χ1v) is 7.33. The van der Waals surface area contributed by atoms with Gasteiger partial charge < -0.3 is 10.6 Å². The number of hydrogen-bond acceptors (Lipinski definition) is 2. The summed E-state index contributed by atoms with van der Waals surface area (Å²) in [5.41, 5.74) is 3.24. The molecule has 21 heavy (non-hydrogen) atoms. The van der Waals surface area contributed by atoms with Crippen LogP contribution in [0.5, 0.6) is 0 Å². The zero-order valence-electron chi connectivity index (χ0n) is 12.0. The van der Waals surface area contributed by atoms with E-state index in [1.54, 1.807) is 12.1 Å². The fourth-order valence-corrected chi connectivity index (χ4v) is 2.21. The molecule has 0 bridgehead atoms. The molecular formula is C17H19ClN2O. The van der Waals surface area contributed by atoms with Gasteiger partial charge in [0.05, 0.1) is 0 Å². The van der Waals surface area contributed by atoms with Gasteiger partial charge >= 0.3 is 0 Å². The summed E-state index contributed by atoms with van der Waals surface area (Å²) in [4.78, 5) is 11.8. The molecule has 0 atom stereocenters. The summed E-state index contributed by atoms with van der Waals surface area (Å²) in [6, 6.07) is 15.4. The summed E-state index contributed by atoms with van der Waals surface area (Å²) >= 11 is 5.87. The van der Waals surface area contributed by atoms with Crippen LogP contribution >= 0.6 is 11.6 Å². The molecule has 2 aromatic rings. The van der Waals surface area contributed by atoms with Crippen LogP contribution in [0.4, 0.5) is 5.69 Å². The Morgan fingerprint density at radius 1 is 1.14 bits per heavy atom. The van der Waals surface area contributed by atoms with Crippen molar-refractivity contribution in [2.45, 2.75) is 19.9 Å². The average Bonchev–Trinajstić information content (AvgIpc) is 2.45. The molecule has 0 aliphatic rings. The molecule has 2 rings (SSSR count). The van der Waals surface area contributed by atoms with Crippen molar-refractivity contribution in [3.63, 3.8) is 0 Å². The standard InChI is InChI=1S/C17H19ClN2O/c1-13-5-2-3-6-14(13)12-19-10-9-17(21)20-16-8-4-7-15(18)11-16/h2-8,11,19H,9-10,12H2,1H3,(H,20,21). The molecule has 0 aromatic heterocycles. The summed E-state index contributed by atoms with van der Waals surface area (Å²) in [6.45, 7) is 3.50. The predicted octanol–water partition coefficient (Wildman–Crippen LogP) is 3.77. The quantitative estimate of drug-likeness (QED) is 0.798. The van der Waals surface area contributed by atoms with Gasteiger partial charge in [0, 0.05) is 30.2 Å². The fraction of sp³-hybridized carbons (Fsp3) is 0.235. The first-order valence-electron chi connectivity index (χ1n) is 6.96. The molecule has 0 unspecified atom stereocenters. The molecule has 110 valence electrons. The monoisotopic (exact) mass is 302 g/mol. The minimum Gasteiger partial charge on any atom is -0.326 e. The van der Waals surface area contributed by atoms with Gasteiger partial charge in [0.25, 0.3) is 0 Å². The highest BCUT2D eigenvalue weighted by molar-refractivity contribution is 6.30. The van der Waals surface area contributed by atoms with Gasteiger partial charge in [0.1, 0.15) is 0 Å². The lowest BCUT2D eigenvalue weighted by Gasteiger charge is -2.08. The van der Waals surface area contributed by atoms with Crippen LogP contribution in [0.2, 0.25) is 5.02 Å². The number of anilines is 1. The van der Waals surface area contributed by atoms with Gasteiger partial charge in [-0.1, -0.05) is 41.9 Å². The minimum atomic E-state index is -0.0189. The molecule has 2 N–H and O–H groups in total. The number of carbonyl (C=O) groups excluding carboxylic acids is 1. The summed E-state index contributed by atoms with van der Waals surface area (Å²) in [7, 11) is 0. The van der Waals surface area contributed by atoms with E-state index in [-0.39, 0.29) is 5.91 Å². The second-order valence-electron chi connectivity index (χ2n) is 4.91. The number of halogens is 1. The van der Waals surface area contributed by atoms with Gasteiger partial charge in [-0.05, 0) is 36.2 Å². The van der Waals surface area contributed by atoms with Crippen molar-refractivity contribution >= 4 is 23.2 Å². The van der Waals surface area contributed by atoms with Gasteiger partial charge in [-0.15, -0.1) is 0 Å². The molecule has 2 aromatic carbocycles. The predicted molar refractivity (Wildman–Crippen MR) is 87.6 cm³/mol. The lowest BCUT2D eigenvalue weighted by Crippen LogP contribution is -2.21. The van der Waals surface area contributed by atoms with Crippen molar-refractivity contribution in [2.75, 3.05) is 11.9 Å². The number of hydrogen-bond donors (Lipinski definition) is 2. The van der Waals surface area contributed by atoms with Crippen LogP contribution in [0.25, 0.3) is 0 Å². The summed E-state index contributed by atoms with van der Waals surface area (Å²) in [5.74, 6) is -0.0189. The summed E-state index contributed by atoms with van der Waals surface area (Å²) in [6.07, 6.45) is 0.429. The normalized spacial score (nSPS) is 10.4. The number of amides is 1. The van der Waals surface area contributed by atoms with Crippen molar-refractivity contribution < 1.29 is 4.79 Å². The number of aryl methyl sites for hydroxylation is 1. The Morgan fingerprint density at radius 2 is 1.95 bits per heavy atom. The maximum Gasteiger partial charge on any atom is 0.225 e. The Balaban J connectivity index is 1.71. The zero-order valence-corrected chi connectivity index (χ0v) is 12.8. The van der Waals surface area contributed by atoms with Gasteiger partial charge in [0.15, 0.2) is 0 Å². The highest BCUT2D eigenvalue weighted by atomic mass is 35.5. The smallest absolute Gasteiger partial charge is 0.225 e. The molecule has 0 radical (unpaired) electrons. The van der Waals surface area contributed by atoms with E-state index in [2.05, 4.69) is 29.7 Å². The first kappa shape index (κ1) is 15.5. The number of benzene rings is 2. The molecule has 0 heterocycles. The minimum absolute atomic E-state index is 0.0189. The lowest BCUT2D eigenvalue weighted by molar-refractivity contribution is -0.116. The Hall–Kier alpha value is -1.84. The summed E-state index contributed by atoms with van der Waals surface area (Å²) in [5, 5.41) is 6.73. The van der Waals surface area contributed by atoms with Crippen molar-refractivity contribution in [3.05, 3.63) is 64.7 Å². The van der Waals surface area contributed by atoms with Crippen LogP contribution in [0.3, 0.4) is 0 Å². The first-order chi connectivity index (χ1) is 10.1. The van der Waals surface area contributed by atoms with E-state index in [0.717, 1.165) is 12.2 Å². The van der Waals surface area contributed by atoms with E-state index < -0.39 is 0 Å². The number of carbonyl (C=O) groups is 1. The van der Waals surface area contributed by atoms with Crippen LogP contribution in [0, 0.1) is 6.92 Å². The third kappa shape index (κ3) is 5.21. The van der Waals surface area contributed by atoms with E-state index in [4.69, 9.17) is 11.6 Å². The van der Waals surface area contributed by atoms with Crippen molar-refractivity contribution in [2.24, 2.45) is 0 Å². The highest BCUT2D eigenvalue weighted by Crippen LogP contribution is 2.14. The number of rotatable bonds is 6. The van der Waals surface area contributed by atoms with Gasteiger partial charge in [-0.3, -0.25) is 4.79 Å². The maximum absolute atomic E-state index is 11.8. The van der Waals surface area contributed by atoms with Crippen molar-refractivity contribution in [1.29, 1.82) is 0 Å². The van der Waals surface area contributed by atoms with Crippen LogP contribution < -0.4 is 10.6 Å². The Bertz CT molecular complexity index is 613. The number of nitrogens with one attached hydrogen (secondary N) is 2. The van der Waals surface area contributed by atoms with Gasteiger partial charge in [0.2, 0.25) is 5.91 Å². The van der Waals surface area contributed by atoms with E-state index in [0.29, 0.717) is 18.0 Å². The van der Waals surface area contributed by atoms with Crippen molar-refractivity contribution in [1.82, 2.24) is 5.32 Å². The Kier molecular flexibility index (Phi) is 5.78. The second kappa shape index (κ2) is 7.81. The fourth-order valence-electron chi connectivity index (χ4n) is 2.02. The van der Waals surface area contributed by atoms with Gasteiger partial charge in [-0.2, -0.15) is 0 Å². The zero-order chi connectivity index (χ0) is 15.1. The molecular weight excluding hydrogens is 284 g/mol. The molecule has 0 aliphatic carbocycles. The average molecular weight is 303 g/mol. The highest BCUT2D eigenvalue weighted by Gasteiger charge is 2.03. The van der Waals surface area contributed by atoms with E-state index >= 15 is 0 Å². The van der Waals surface area contributed by atoms with E-state index in [9.17, 15) is 4.79 Å². The Morgan fingerprint density at radius 3 is 2.71 bits per heavy atom. The lowest BCUT2D eigenvalue weighted by atomic mass is 10.1. The largest absolute Gasteiger partial charge is 0.326 e. The molecule has 0 saturated carbocycles. The molecule has 3 nitrogen and oxygen atoms in total. The van der Waals surface area contributed by atoms with E-state index in [1.807, 2.05) is 24.3 Å². The van der Waals surface area contributed by atoms with Crippen LogP contribution in [-0.2, 0) is 11.3 Å². The topological polar surface area (TPSA) is 41.1 Å². The third-order valence-corrected chi connectivity index (χ3v) is 3.45. The third-order valence-electron chi connectivity index (χ3n) is 3.21. The Labute approximate surface area is 130 Å². The molecule has 0 fully saturated rings. The van der Waals surface area contributed by atoms with Gasteiger partial charge in [-0.25, -0.2) is 0 Å². The maximum atomic E-state index is 11.8. The molecule has 1 amide bonds. The molecule has 4 heteroatoms. The molecule has 0 spiro atoms. The SMILES string of the molecule is Cc1ccccc1CNCCC(=O)Nc1cccc(Cl)c1. The van der Waals surface area contributed by atoms with Crippen LogP contribution in [0.15, 0.2) is 48.5 Å². The summed E-state index contributed by atoms with van der Waals surface area (Å²) < 4.78 is 0. The molecule has 0 saturated heterocycles. The second-order valence-corrected chi connectivity index (χ2v) is 5.35.